The van der Waals surface area contributed by atoms with Gasteiger partial charge < -0.3 is 15.3 Å². The van der Waals surface area contributed by atoms with E-state index < -0.39 is 0 Å². The number of hydrogen-bond donors (Lipinski definition) is 2. The average Bonchev–Trinajstić information content (AvgIpc) is 2.61. The number of aliphatic hydroxyl groups excluding tert-OH is 1. The van der Waals surface area contributed by atoms with E-state index in [9.17, 15) is 4.79 Å². The Bertz CT molecular complexity index is 653. The van der Waals surface area contributed by atoms with Gasteiger partial charge in [0.1, 0.15) is 0 Å². The first kappa shape index (κ1) is 17.8. The molecule has 126 valence electrons. The summed E-state index contributed by atoms with van der Waals surface area (Å²) in [6.45, 7) is 6.28. The summed E-state index contributed by atoms with van der Waals surface area (Å²) < 4.78 is 0. The molecule has 0 aliphatic carbocycles. The third kappa shape index (κ3) is 4.70. The Labute approximate surface area is 143 Å². The van der Waals surface area contributed by atoms with Crippen LogP contribution in [-0.2, 0) is 0 Å². The third-order valence-corrected chi connectivity index (χ3v) is 3.82. The fourth-order valence-corrected chi connectivity index (χ4v) is 2.53. The number of nitrogens with zero attached hydrogens (tertiary/aromatic N) is 1. The van der Waals surface area contributed by atoms with Gasteiger partial charge in [0.25, 0.3) is 0 Å². The van der Waals surface area contributed by atoms with Crippen molar-refractivity contribution < 1.29 is 9.90 Å². The summed E-state index contributed by atoms with van der Waals surface area (Å²) in [5, 5.41) is 12.2. The number of urea groups is 1. The molecule has 0 aromatic heterocycles. The van der Waals surface area contributed by atoms with Gasteiger partial charge >= 0.3 is 6.03 Å². The fraction of sp³-hybridized carbons (Fsp3) is 0.250. The summed E-state index contributed by atoms with van der Waals surface area (Å²) in [7, 11) is 0. The molecule has 1 atom stereocenters. The van der Waals surface area contributed by atoms with Crippen LogP contribution in [0, 0.1) is 6.92 Å². The lowest BCUT2D eigenvalue weighted by Gasteiger charge is -2.26. The Morgan fingerprint density at radius 3 is 2.38 bits per heavy atom. The third-order valence-electron chi connectivity index (χ3n) is 3.82. The van der Waals surface area contributed by atoms with Crippen molar-refractivity contribution in [1.29, 1.82) is 0 Å². The van der Waals surface area contributed by atoms with Crippen LogP contribution in [0.5, 0.6) is 0 Å². The van der Waals surface area contributed by atoms with Crippen LogP contribution in [0.3, 0.4) is 0 Å². The van der Waals surface area contributed by atoms with Crippen molar-refractivity contribution in [1.82, 2.24) is 10.2 Å². The molecule has 1 unspecified atom stereocenters. The Morgan fingerprint density at radius 1 is 1.17 bits per heavy atom. The van der Waals surface area contributed by atoms with Crippen molar-refractivity contribution in [2.45, 2.75) is 13.0 Å². The van der Waals surface area contributed by atoms with Gasteiger partial charge in [0.2, 0.25) is 0 Å². The van der Waals surface area contributed by atoms with Crippen LogP contribution in [0.4, 0.5) is 4.79 Å². The van der Waals surface area contributed by atoms with E-state index in [0.29, 0.717) is 6.54 Å². The Kier molecular flexibility index (Phi) is 6.58. The van der Waals surface area contributed by atoms with Crippen molar-refractivity contribution in [3.63, 3.8) is 0 Å². The van der Waals surface area contributed by atoms with E-state index in [1.165, 1.54) is 10.5 Å². The molecule has 0 aliphatic rings. The highest BCUT2D eigenvalue weighted by molar-refractivity contribution is 5.75. The van der Waals surface area contributed by atoms with Gasteiger partial charge in [-0.2, -0.15) is 0 Å². The van der Waals surface area contributed by atoms with Crippen LogP contribution >= 0.6 is 0 Å². The monoisotopic (exact) mass is 324 g/mol. The minimum atomic E-state index is -0.245. The summed E-state index contributed by atoms with van der Waals surface area (Å²) in [6, 6.07) is 17.5. The number of carbonyl (C=O) groups is 1. The normalized spacial score (nSPS) is 11.6. The average molecular weight is 324 g/mol. The fourth-order valence-electron chi connectivity index (χ4n) is 2.53. The van der Waals surface area contributed by atoms with Crippen molar-refractivity contribution in [3.8, 4) is 0 Å². The number of aliphatic hydroxyl groups is 1. The predicted molar refractivity (Wildman–Crippen MR) is 96.9 cm³/mol. The first-order valence-electron chi connectivity index (χ1n) is 8.04. The molecule has 2 amide bonds. The number of aryl methyl sites for hydroxylation is 1. The van der Waals surface area contributed by atoms with Crippen LogP contribution < -0.4 is 5.32 Å². The molecule has 0 bridgehead atoms. The second kappa shape index (κ2) is 8.89. The highest BCUT2D eigenvalue weighted by atomic mass is 16.3. The van der Waals surface area contributed by atoms with Crippen LogP contribution in [0.15, 0.2) is 67.3 Å². The maximum absolute atomic E-state index is 12.6. The maximum atomic E-state index is 12.6. The molecule has 2 aromatic carbocycles. The number of nitrogens with one attached hydrogen (secondary N) is 1. The van der Waals surface area contributed by atoms with Gasteiger partial charge in [-0.15, -0.1) is 6.58 Å². The summed E-state index contributed by atoms with van der Waals surface area (Å²) in [5.74, 6) is 0. The molecule has 2 aromatic rings. The number of rotatable bonds is 7. The molecule has 24 heavy (non-hydrogen) atoms. The summed E-state index contributed by atoms with van der Waals surface area (Å²) in [4.78, 5) is 14.1. The van der Waals surface area contributed by atoms with Gasteiger partial charge in [-0.1, -0.05) is 66.2 Å². The van der Waals surface area contributed by atoms with Crippen molar-refractivity contribution in [2.24, 2.45) is 0 Å². The van der Waals surface area contributed by atoms with Crippen LogP contribution in [0.25, 0.3) is 0 Å². The highest BCUT2D eigenvalue weighted by Gasteiger charge is 2.20. The van der Waals surface area contributed by atoms with E-state index in [1.54, 1.807) is 6.08 Å². The van der Waals surface area contributed by atoms with E-state index in [1.807, 2.05) is 61.5 Å². The lowest BCUT2D eigenvalue weighted by molar-refractivity contribution is 0.181. The van der Waals surface area contributed by atoms with Crippen LogP contribution in [0.2, 0.25) is 0 Å². The molecule has 4 heteroatoms. The Morgan fingerprint density at radius 2 is 1.79 bits per heavy atom. The SMILES string of the molecule is C=CCN(CCO)C(=O)NC(c1ccccc1)c1ccc(C)cc1. The molecule has 4 nitrogen and oxygen atoms in total. The van der Waals surface area contributed by atoms with Gasteiger partial charge in [-0.05, 0) is 18.1 Å². The predicted octanol–water partition coefficient (Wildman–Crippen LogP) is 3.27. The number of benzene rings is 2. The van der Waals surface area contributed by atoms with E-state index in [2.05, 4.69) is 11.9 Å². The minimum Gasteiger partial charge on any atom is -0.395 e. The lowest BCUT2D eigenvalue weighted by Crippen LogP contribution is -2.43. The summed E-state index contributed by atoms with van der Waals surface area (Å²) in [5.41, 5.74) is 3.20. The summed E-state index contributed by atoms with van der Waals surface area (Å²) in [6.07, 6.45) is 1.65. The van der Waals surface area contributed by atoms with E-state index in [4.69, 9.17) is 5.11 Å². The zero-order chi connectivity index (χ0) is 17.4. The second-order valence-electron chi connectivity index (χ2n) is 5.66. The quantitative estimate of drug-likeness (QED) is 0.768. The number of carbonyl (C=O) groups excluding carboxylic acids is 1. The molecule has 0 radical (unpaired) electrons. The molecular formula is C20H24N2O2. The Hall–Kier alpha value is -2.59. The molecule has 2 N–H and O–H groups in total. The minimum absolute atomic E-state index is 0.0816. The van der Waals surface area contributed by atoms with E-state index in [0.717, 1.165) is 11.1 Å². The van der Waals surface area contributed by atoms with Gasteiger partial charge in [0, 0.05) is 13.1 Å². The Balaban J connectivity index is 2.27. The van der Waals surface area contributed by atoms with Gasteiger partial charge in [-0.3, -0.25) is 0 Å². The molecule has 0 saturated carbocycles. The molecule has 0 fully saturated rings. The van der Waals surface area contributed by atoms with E-state index >= 15 is 0 Å². The van der Waals surface area contributed by atoms with E-state index in [-0.39, 0.29) is 25.2 Å². The molecule has 0 heterocycles. The standard InChI is InChI=1S/C20H24N2O2/c1-3-13-22(14-15-23)20(24)21-19(17-7-5-4-6-8-17)18-11-9-16(2)10-12-18/h3-12,19,23H,1,13-15H2,2H3,(H,21,24). The molecule has 0 aliphatic heterocycles. The smallest absolute Gasteiger partial charge is 0.318 e. The van der Waals surface area contributed by atoms with Crippen molar-refractivity contribution in [2.75, 3.05) is 19.7 Å². The van der Waals surface area contributed by atoms with Crippen LogP contribution in [0.1, 0.15) is 22.7 Å². The molecule has 0 saturated heterocycles. The zero-order valence-corrected chi connectivity index (χ0v) is 14.0. The zero-order valence-electron chi connectivity index (χ0n) is 14.0. The molecule has 2 rings (SSSR count). The lowest BCUT2D eigenvalue weighted by atomic mass is 9.98. The highest BCUT2D eigenvalue weighted by Crippen LogP contribution is 2.22. The van der Waals surface area contributed by atoms with Crippen molar-refractivity contribution in [3.05, 3.63) is 83.9 Å². The largest absolute Gasteiger partial charge is 0.395 e. The maximum Gasteiger partial charge on any atom is 0.318 e. The van der Waals surface area contributed by atoms with Gasteiger partial charge in [0.05, 0.1) is 12.6 Å². The second-order valence-corrected chi connectivity index (χ2v) is 5.66. The van der Waals surface area contributed by atoms with Crippen LogP contribution in [-0.4, -0.2) is 35.7 Å². The van der Waals surface area contributed by atoms with Gasteiger partial charge in [-0.25, -0.2) is 4.79 Å². The first-order chi connectivity index (χ1) is 11.7. The first-order valence-corrected chi connectivity index (χ1v) is 8.04. The number of hydrogen-bond acceptors (Lipinski definition) is 2. The van der Waals surface area contributed by atoms with Gasteiger partial charge in [0.15, 0.2) is 0 Å². The molecular weight excluding hydrogens is 300 g/mol. The summed E-state index contributed by atoms with van der Waals surface area (Å²) >= 11 is 0. The molecule has 0 spiro atoms. The van der Waals surface area contributed by atoms with Crippen molar-refractivity contribution >= 4 is 6.03 Å². The number of amides is 2. The topological polar surface area (TPSA) is 52.6 Å².